The Morgan fingerprint density at radius 3 is 2.76 bits per heavy atom. The van der Waals surface area contributed by atoms with Crippen molar-refractivity contribution in [3.05, 3.63) is 23.8 Å². The van der Waals surface area contributed by atoms with Crippen LogP contribution in [0.15, 0.2) is 23.4 Å². The zero-order valence-corrected chi connectivity index (χ0v) is 12.4. The van der Waals surface area contributed by atoms with Gasteiger partial charge in [-0.25, -0.2) is 0 Å². The Morgan fingerprint density at radius 1 is 1.33 bits per heavy atom. The highest BCUT2D eigenvalue weighted by molar-refractivity contribution is 5.97. The van der Waals surface area contributed by atoms with Crippen molar-refractivity contribution >= 4 is 5.84 Å². The summed E-state index contributed by atoms with van der Waals surface area (Å²) in [5.74, 6) is 1.31. The van der Waals surface area contributed by atoms with Crippen LogP contribution in [-0.2, 0) is 0 Å². The molecular formula is C15H23N3O3. The second kappa shape index (κ2) is 7.73. The Balaban J connectivity index is 1.87. The largest absolute Gasteiger partial charge is 0.493 e. The Bertz CT molecular complexity index is 485. The molecule has 1 heterocycles. The zero-order valence-electron chi connectivity index (χ0n) is 12.4. The molecule has 3 N–H and O–H groups in total. The fourth-order valence-corrected chi connectivity index (χ4v) is 2.48. The fraction of sp³-hybridized carbons (Fsp3) is 0.533. The van der Waals surface area contributed by atoms with E-state index in [1.807, 2.05) is 0 Å². The average Bonchev–Trinajstić information content (AvgIpc) is 3.04. The van der Waals surface area contributed by atoms with Crippen LogP contribution < -0.4 is 15.2 Å². The van der Waals surface area contributed by atoms with Gasteiger partial charge in [0.2, 0.25) is 0 Å². The second-order valence-electron chi connectivity index (χ2n) is 5.10. The summed E-state index contributed by atoms with van der Waals surface area (Å²) in [6.45, 7) is 4.13. The minimum Gasteiger partial charge on any atom is -0.493 e. The molecule has 1 fully saturated rings. The summed E-state index contributed by atoms with van der Waals surface area (Å²) < 4.78 is 11.0. The average molecular weight is 293 g/mol. The van der Waals surface area contributed by atoms with E-state index < -0.39 is 0 Å². The predicted octanol–water partition coefficient (Wildman–Crippen LogP) is 1.65. The summed E-state index contributed by atoms with van der Waals surface area (Å²) >= 11 is 0. The van der Waals surface area contributed by atoms with Crippen LogP contribution in [0, 0.1) is 0 Å². The molecule has 0 radical (unpaired) electrons. The molecule has 0 saturated carbocycles. The third-order valence-corrected chi connectivity index (χ3v) is 3.64. The molecule has 0 bridgehead atoms. The van der Waals surface area contributed by atoms with Crippen LogP contribution in [0.4, 0.5) is 0 Å². The number of amidine groups is 1. The van der Waals surface area contributed by atoms with Crippen molar-refractivity contribution < 1.29 is 14.7 Å². The summed E-state index contributed by atoms with van der Waals surface area (Å²) in [4.78, 5) is 2.46. The topological polar surface area (TPSA) is 80.3 Å². The van der Waals surface area contributed by atoms with Gasteiger partial charge in [0.05, 0.1) is 13.7 Å². The van der Waals surface area contributed by atoms with Gasteiger partial charge in [-0.2, -0.15) is 0 Å². The zero-order chi connectivity index (χ0) is 15.1. The molecular weight excluding hydrogens is 270 g/mol. The van der Waals surface area contributed by atoms with Crippen LogP contribution in [0.1, 0.15) is 24.8 Å². The molecule has 0 aromatic heterocycles. The minimum atomic E-state index is 0.0499. The number of nitrogens with zero attached hydrogens (tertiary/aromatic N) is 2. The van der Waals surface area contributed by atoms with Crippen LogP contribution in [-0.4, -0.2) is 49.3 Å². The van der Waals surface area contributed by atoms with Gasteiger partial charge in [0.15, 0.2) is 17.3 Å². The Kier molecular flexibility index (Phi) is 5.68. The van der Waals surface area contributed by atoms with Crippen molar-refractivity contribution in [3.8, 4) is 11.5 Å². The maximum Gasteiger partial charge on any atom is 0.170 e. The van der Waals surface area contributed by atoms with E-state index >= 15 is 0 Å². The molecule has 1 aromatic rings. The van der Waals surface area contributed by atoms with Crippen molar-refractivity contribution in [2.45, 2.75) is 19.3 Å². The van der Waals surface area contributed by atoms with Crippen LogP contribution in [0.2, 0.25) is 0 Å². The van der Waals surface area contributed by atoms with E-state index in [1.165, 1.54) is 25.9 Å². The highest BCUT2D eigenvalue weighted by Gasteiger charge is 2.11. The summed E-state index contributed by atoms with van der Waals surface area (Å²) in [6, 6.07) is 5.22. The second-order valence-corrected chi connectivity index (χ2v) is 5.10. The van der Waals surface area contributed by atoms with Gasteiger partial charge in [0.25, 0.3) is 0 Å². The summed E-state index contributed by atoms with van der Waals surface area (Å²) in [5, 5.41) is 11.7. The number of nitrogens with two attached hydrogens (primary N) is 1. The Morgan fingerprint density at radius 2 is 2.10 bits per heavy atom. The third-order valence-electron chi connectivity index (χ3n) is 3.64. The van der Waals surface area contributed by atoms with E-state index in [0.717, 1.165) is 13.0 Å². The molecule has 0 atom stereocenters. The number of hydrogen-bond acceptors (Lipinski definition) is 5. The summed E-state index contributed by atoms with van der Waals surface area (Å²) in [7, 11) is 1.57. The van der Waals surface area contributed by atoms with E-state index in [4.69, 9.17) is 20.4 Å². The van der Waals surface area contributed by atoms with Gasteiger partial charge < -0.3 is 25.3 Å². The van der Waals surface area contributed by atoms with Gasteiger partial charge in [-0.15, -0.1) is 0 Å². The first kappa shape index (κ1) is 15.4. The fourth-order valence-electron chi connectivity index (χ4n) is 2.48. The number of oxime groups is 1. The highest BCUT2D eigenvalue weighted by atomic mass is 16.5. The number of ether oxygens (including phenoxy) is 2. The van der Waals surface area contributed by atoms with Crippen molar-refractivity contribution in [3.63, 3.8) is 0 Å². The van der Waals surface area contributed by atoms with Gasteiger partial charge in [-0.3, -0.25) is 0 Å². The first-order valence-corrected chi connectivity index (χ1v) is 7.25. The number of benzene rings is 1. The third kappa shape index (κ3) is 4.26. The van der Waals surface area contributed by atoms with Gasteiger partial charge in [-0.05, 0) is 50.6 Å². The lowest BCUT2D eigenvalue weighted by atomic mass is 10.2. The molecule has 0 spiro atoms. The molecule has 6 nitrogen and oxygen atoms in total. The van der Waals surface area contributed by atoms with E-state index in [-0.39, 0.29) is 5.84 Å². The Hall–Kier alpha value is -1.95. The number of hydrogen-bond donors (Lipinski definition) is 2. The molecule has 0 aliphatic carbocycles. The first-order chi connectivity index (χ1) is 10.2. The maximum absolute atomic E-state index is 8.68. The molecule has 116 valence electrons. The van der Waals surface area contributed by atoms with Crippen molar-refractivity contribution in [1.29, 1.82) is 0 Å². The first-order valence-electron chi connectivity index (χ1n) is 7.25. The molecule has 0 amide bonds. The van der Waals surface area contributed by atoms with Gasteiger partial charge >= 0.3 is 0 Å². The van der Waals surface area contributed by atoms with Crippen LogP contribution >= 0.6 is 0 Å². The van der Waals surface area contributed by atoms with Crippen molar-refractivity contribution in [2.24, 2.45) is 10.9 Å². The molecule has 2 rings (SSSR count). The molecule has 1 aliphatic rings. The molecule has 1 aliphatic heterocycles. The van der Waals surface area contributed by atoms with E-state index in [9.17, 15) is 0 Å². The SMILES string of the molecule is COc1cc(C(N)=NO)ccc1OCCCN1CCCC1. The summed E-state index contributed by atoms with van der Waals surface area (Å²) in [6.07, 6.45) is 3.61. The summed E-state index contributed by atoms with van der Waals surface area (Å²) in [5.41, 5.74) is 6.15. The molecule has 21 heavy (non-hydrogen) atoms. The van der Waals surface area contributed by atoms with Crippen LogP contribution in [0.3, 0.4) is 0 Å². The minimum absolute atomic E-state index is 0.0499. The molecule has 1 saturated heterocycles. The van der Waals surface area contributed by atoms with Gasteiger partial charge in [-0.1, -0.05) is 5.16 Å². The monoisotopic (exact) mass is 293 g/mol. The number of likely N-dealkylation sites (tertiary alicyclic amines) is 1. The predicted molar refractivity (Wildman–Crippen MR) is 81.3 cm³/mol. The lowest BCUT2D eigenvalue weighted by molar-refractivity contribution is 0.254. The number of rotatable bonds is 7. The standard InChI is InChI=1S/C15H23N3O3/c1-20-14-11-12(15(16)17-19)5-6-13(14)21-10-4-9-18-7-2-3-8-18/h5-6,11,19H,2-4,7-10H2,1H3,(H2,16,17). The lowest BCUT2D eigenvalue weighted by Gasteiger charge is -2.15. The Labute approximate surface area is 125 Å². The lowest BCUT2D eigenvalue weighted by Crippen LogP contribution is -2.22. The molecule has 6 heteroatoms. The quantitative estimate of drug-likeness (QED) is 0.263. The smallest absolute Gasteiger partial charge is 0.170 e. The van der Waals surface area contributed by atoms with Crippen LogP contribution in [0.5, 0.6) is 11.5 Å². The van der Waals surface area contributed by atoms with Gasteiger partial charge in [0, 0.05) is 12.1 Å². The number of methoxy groups -OCH3 is 1. The van der Waals surface area contributed by atoms with Crippen molar-refractivity contribution in [2.75, 3.05) is 33.4 Å². The highest BCUT2D eigenvalue weighted by Crippen LogP contribution is 2.28. The van der Waals surface area contributed by atoms with Crippen molar-refractivity contribution in [1.82, 2.24) is 4.90 Å². The van der Waals surface area contributed by atoms with E-state index in [0.29, 0.717) is 23.7 Å². The maximum atomic E-state index is 8.68. The normalized spacial score (nSPS) is 16.1. The van der Waals surface area contributed by atoms with E-state index in [2.05, 4.69) is 10.1 Å². The van der Waals surface area contributed by atoms with E-state index in [1.54, 1.807) is 25.3 Å². The molecule has 0 unspecified atom stereocenters. The van der Waals surface area contributed by atoms with Crippen LogP contribution in [0.25, 0.3) is 0 Å². The molecule has 1 aromatic carbocycles. The van der Waals surface area contributed by atoms with Gasteiger partial charge in [0.1, 0.15) is 0 Å².